The van der Waals surface area contributed by atoms with E-state index in [1.165, 1.54) is 18.4 Å². The molecule has 4 aromatic carbocycles. The highest BCUT2D eigenvalue weighted by Gasteiger charge is 2.12. The minimum absolute atomic E-state index is 0.0983. The van der Waals surface area contributed by atoms with Gasteiger partial charge in [0.05, 0.1) is 5.39 Å². The number of aryl methyl sites for hydroxylation is 1. The van der Waals surface area contributed by atoms with Crippen LogP contribution in [-0.2, 0) is 11.2 Å². The van der Waals surface area contributed by atoms with Crippen molar-refractivity contribution in [3.05, 3.63) is 119 Å². The standard InChI is InChI=1S/C30H22O5/c1-2-20-8-4-6-13-26(20)35-28-19-33-27-18-23(15-16-25(27)30(28)32)34-29(31)17-14-22-11-7-10-21-9-3-5-12-24(21)22/h3-19H,2H2,1H3. The van der Waals surface area contributed by atoms with E-state index in [1.54, 1.807) is 18.2 Å². The smallest absolute Gasteiger partial charge is 0.336 e. The first-order chi connectivity index (χ1) is 17.1. The maximum Gasteiger partial charge on any atom is 0.336 e. The van der Waals surface area contributed by atoms with Crippen LogP contribution in [-0.4, -0.2) is 5.97 Å². The first kappa shape index (κ1) is 22.2. The second kappa shape index (κ2) is 9.69. The van der Waals surface area contributed by atoms with Gasteiger partial charge in [0.1, 0.15) is 23.3 Å². The Kier molecular flexibility index (Phi) is 6.14. The molecule has 0 amide bonds. The average molecular weight is 463 g/mol. The molecule has 0 saturated heterocycles. The molecule has 0 radical (unpaired) electrons. The predicted molar refractivity (Wildman–Crippen MR) is 137 cm³/mol. The van der Waals surface area contributed by atoms with Gasteiger partial charge in [0.2, 0.25) is 11.2 Å². The van der Waals surface area contributed by atoms with Crippen molar-refractivity contribution in [1.82, 2.24) is 0 Å². The Hall–Kier alpha value is -4.64. The molecule has 0 N–H and O–H groups in total. The van der Waals surface area contributed by atoms with Crippen LogP contribution in [0, 0.1) is 0 Å². The number of esters is 1. The number of carbonyl (C=O) groups is 1. The van der Waals surface area contributed by atoms with Gasteiger partial charge in [-0.05, 0) is 52.6 Å². The maximum absolute atomic E-state index is 12.9. The van der Waals surface area contributed by atoms with Crippen LogP contribution >= 0.6 is 0 Å². The summed E-state index contributed by atoms with van der Waals surface area (Å²) in [5, 5.41) is 2.47. The van der Waals surface area contributed by atoms with E-state index in [2.05, 4.69) is 0 Å². The molecule has 5 heteroatoms. The number of para-hydroxylation sites is 1. The first-order valence-corrected chi connectivity index (χ1v) is 11.3. The lowest BCUT2D eigenvalue weighted by Crippen LogP contribution is -2.07. The topological polar surface area (TPSA) is 65.7 Å². The van der Waals surface area contributed by atoms with E-state index < -0.39 is 5.97 Å². The van der Waals surface area contributed by atoms with Crippen molar-refractivity contribution in [3.63, 3.8) is 0 Å². The van der Waals surface area contributed by atoms with Crippen molar-refractivity contribution >= 4 is 33.8 Å². The van der Waals surface area contributed by atoms with E-state index in [-0.39, 0.29) is 16.9 Å². The summed E-state index contributed by atoms with van der Waals surface area (Å²) in [7, 11) is 0. The molecule has 5 aromatic rings. The number of hydrogen-bond donors (Lipinski definition) is 0. The molecule has 0 aliphatic carbocycles. The zero-order chi connectivity index (χ0) is 24.2. The fraction of sp³-hybridized carbons (Fsp3) is 0.0667. The van der Waals surface area contributed by atoms with Crippen LogP contribution < -0.4 is 14.9 Å². The number of ether oxygens (including phenoxy) is 2. The molecule has 0 unspecified atom stereocenters. The highest BCUT2D eigenvalue weighted by atomic mass is 16.5. The lowest BCUT2D eigenvalue weighted by molar-refractivity contribution is -0.128. The second-order valence-corrected chi connectivity index (χ2v) is 7.97. The van der Waals surface area contributed by atoms with Crippen LogP contribution in [0.15, 0.2) is 106 Å². The van der Waals surface area contributed by atoms with Crippen molar-refractivity contribution in [2.24, 2.45) is 0 Å². The average Bonchev–Trinajstić information content (AvgIpc) is 2.89. The molecule has 1 heterocycles. The summed E-state index contributed by atoms with van der Waals surface area (Å²) >= 11 is 0. The van der Waals surface area contributed by atoms with E-state index in [9.17, 15) is 9.59 Å². The lowest BCUT2D eigenvalue weighted by atomic mass is 10.0. The van der Waals surface area contributed by atoms with Gasteiger partial charge < -0.3 is 13.9 Å². The van der Waals surface area contributed by atoms with E-state index in [0.717, 1.165) is 28.3 Å². The van der Waals surface area contributed by atoms with Crippen LogP contribution in [0.1, 0.15) is 18.1 Å². The van der Waals surface area contributed by atoms with Gasteiger partial charge in [-0.15, -0.1) is 0 Å². The molecule has 0 spiro atoms. The molecule has 0 bridgehead atoms. The molecule has 0 aliphatic heterocycles. The monoisotopic (exact) mass is 462 g/mol. The molecule has 172 valence electrons. The highest BCUT2D eigenvalue weighted by molar-refractivity contribution is 5.95. The van der Waals surface area contributed by atoms with Crippen LogP contribution in [0.3, 0.4) is 0 Å². The SMILES string of the molecule is CCc1ccccc1Oc1coc2cc(OC(=O)C=Cc3cccc4ccccc34)ccc2c1=O. The fourth-order valence-electron chi connectivity index (χ4n) is 3.94. The zero-order valence-electron chi connectivity index (χ0n) is 19.1. The Balaban J connectivity index is 1.35. The predicted octanol–water partition coefficient (Wildman–Crippen LogP) is 6.92. The van der Waals surface area contributed by atoms with E-state index >= 15 is 0 Å². The number of rotatable bonds is 6. The third-order valence-corrected chi connectivity index (χ3v) is 5.73. The minimum atomic E-state index is -0.532. The van der Waals surface area contributed by atoms with Crippen molar-refractivity contribution in [2.75, 3.05) is 0 Å². The van der Waals surface area contributed by atoms with Crippen LogP contribution in [0.5, 0.6) is 17.2 Å². The summed E-state index contributed by atoms with van der Waals surface area (Å²) in [6, 6.07) is 26.1. The summed E-state index contributed by atoms with van der Waals surface area (Å²) in [4.78, 5) is 25.3. The first-order valence-electron chi connectivity index (χ1n) is 11.3. The summed E-state index contributed by atoms with van der Waals surface area (Å²) < 4.78 is 16.9. The van der Waals surface area contributed by atoms with Crippen LogP contribution in [0.2, 0.25) is 0 Å². The van der Waals surface area contributed by atoms with E-state index in [1.807, 2.05) is 73.7 Å². The van der Waals surface area contributed by atoms with Gasteiger partial charge in [-0.3, -0.25) is 4.79 Å². The summed E-state index contributed by atoms with van der Waals surface area (Å²) in [6.07, 6.45) is 5.16. The van der Waals surface area contributed by atoms with E-state index in [0.29, 0.717) is 16.7 Å². The van der Waals surface area contributed by atoms with Crippen molar-refractivity contribution in [1.29, 1.82) is 0 Å². The van der Waals surface area contributed by atoms with Gasteiger partial charge >= 0.3 is 5.97 Å². The van der Waals surface area contributed by atoms with Crippen molar-refractivity contribution in [3.8, 4) is 17.2 Å². The van der Waals surface area contributed by atoms with Crippen LogP contribution in [0.4, 0.5) is 0 Å². The van der Waals surface area contributed by atoms with Gasteiger partial charge in [0, 0.05) is 12.1 Å². The molecule has 5 rings (SSSR count). The number of benzene rings is 4. The third-order valence-electron chi connectivity index (χ3n) is 5.73. The molecule has 0 atom stereocenters. The van der Waals surface area contributed by atoms with Gasteiger partial charge in [0.25, 0.3) is 0 Å². The molecule has 5 nitrogen and oxygen atoms in total. The third kappa shape index (κ3) is 4.70. The Morgan fingerprint density at radius 2 is 1.69 bits per heavy atom. The second-order valence-electron chi connectivity index (χ2n) is 7.97. The molecule has 35 heavy (non-hydrogen) atoms. The largest absolute Gasteiger partial charge is 0.460 e. The molecule has 0 saturated carbocycles. The lowest BCUT2D eigenvalue weighted by Gasteiger charge is -2.09. The van der Waals surface area contributed by atoms with Crippen LogP contribution in [0.25, 0.3) is 27.8 Å². The van der Waals surface area contributed by atoms with E-state index in [4.69, 9.17) is 13.9 Å². The number of hydrogen-bond acceptors (Lipinski definition) is 5. The van der Waals surface area contributed by atoms with Crippen molar-refractivity contribution < 1.29 is 18.7 Å². The Labute approximate surface area is 201 Å². The summed E-state index contributed by atoms with van der Waals surface area (Å²) in [5.74, 6) is 0.459. The minimum Gasteiger partial charge on any atom is -0.460 e. The number of fused-ring (bicyclic) bond motifs is 2. The van der Waals surface area contributed by atoms with Gasteiger partial charge in [-0.25, -0.2) is 4.79 Å². The molecular formula is C30H22O5. The quantitative estimate of drug-likeness (QED) is 0.156. The Bertz CT molecular complexity index is 1620. The maximum atomic E-state index is 12.9. The fourth-order valence-corrected chi connectivity index (χ4v) is 3.94. The summed E-state index contributed by atoms with van der Waals surface area (Å²) in [5.41, 5.74) is 1.91. The molecular weight excluding hydrogens is 440 g/mol. The normalized spacial score (nSPS) is 11.2. The van der Waals surface area contributed by atoms with Gasteiger partial charge in [-0.1, -0.05) is 67.6 Å². The molecule has 0 fully saturated rings. The summed E-state index contributed by atoms with van der Waals surface area (Å²) in [6.45, 7) is 2.02. The molecule has 1 aromatic heterocycles. The highest BCUT2D eigenvalue weighted by Crippen LogP contribution is 2.27. The van der Waals surface area contributed by atoms with Crippen molar-refractivity contribution in [2.45, 2.75) is 13.3 Å². The van der Waals surface area contributed by atoms with Gasteiger partial charge in [0.15, 0.2) is 0 Å². The Morgan fingerprint density at radius 3 is 2.57 bits per heavy atom. The molecule has 0 aliphatic rings. The Morgan fingerprint density at radius 1 is 0.886 bits per heavy atom. The van der Waals surface area contributed by atoms with Gasteiger partial charge in [-0.2, -0.15) is 0 Å². The number of carbonyl (C=O) groups excluding carboxylic acids is 1. The zero-order valence-corrected chi connectivity index (χ0v) is 19.1.